The number of aromatic nitrogens is 3. The summed E-state index contributed by atoms with van der Waals surface area (Å²) in [4.78, 5) is 22.9. The molecule has 0 atom stereocenters. The van der Waals surface area contributed by atoms with Gasteiger partial charge in [-0.2, -0.15) is 0 Å². The molecule has 0 N–H and O–H groups in total. The number of rotatable bonds is 6. The van der Waals surface area contributed by atoms with E-state index in [-0.39, 0.29) is 18.3 Å². The lowest BCUT2D eigenvalue weighted by Crippen LogP contribution is -3.00. The average Bonchev–Trinajstić information content (AvgIpc) is 2.89. The molecule has 8 heteroatoms. The molecule has 0 spiro atoms. The molecular weight excluding hydrogens is 423 g/mol. The lowest BCUT2D eigenvalue weighted by atomic mass is 10.1. The van der Waals surface area contributed by atoms with E-state index in [1.807, 2.05) is 36.7 Å². The molecule has 1 aromatic carbocycles. The highest BCUT2D eigenvalue weighted by Crippen LogP contribution is 2.27. The van der Waals surface area contributed by atoms with Crippen molar-refractivity contribution < 1.29 is 26.5 Å². The second kappa shape index (κ2) is 10.2. The van der Waals surface area contributed by atoms with Gasteiger partial charge in [-0.3, -0.25) is 9.69 Å². The Kier molecular flexibility index (Phi) is 7.38. The number of carbonyl (C=O) groups excluding carboxylic acids is 1. The zero-order valence-electron chi connectivity index (χ0n) is 16.1. The Morgan fingerprint density at radius 2 is 1.73 bits per heavy atom. The molecule has 0 saturated heterocycles. The van der Waals surface area contributed by atoms with E-state index >= 15 is 0 Å². The summed E-state index contributed by atoms with van der Waals surface area (Å²) in [5.74, 6) is 1.10. The second-order valence-electron chi connectivity index (χ2n) is 6.62. The molecule has 3 heterocycles. The van der Waals surface area contributed by atoms with Crippen LogP contribution in [0, 0.1) is 0 Å². The molecule has 1 aliphatic heterocycles. The number of para-hydroxylation sites is 1. The van der Waals surface area contributed by atoms with Gasteiger partial charge in [0.1, 0.15) is 23.7 Å². The lowest BCUT2D eigenvalue weighted by Gasteiger charge is -2.19. The van der Waals surface area contributed by atoms with Crippen LogP contribution in [0.3, 0.4) is 0 Å². The fraction of sp³-hybridized carbons (Fsp3) is 0.182. The Morgan fingerprint density at radius 3 is 2.50 bits per heavy atom. The van der Waals surface area contributed by atoms with Crippen LogP contribution in [-0.2, 0) is 6.54 Å². The summed E-state index contributed by atoms with van der Waals surface area (Å²) in [6.07, 6.45) is 10.6. The first-order valence-corrected chi connectivity index (χ1v) is 9.80. The van der Waals surface area contributed by atoms with Crippen LogP contribution < -0.4 is 21.7 Å². The first kappa shape index (κ1) is 21.7. The number of hydrogen-bond donors (Lipinski definition) is 0. The maximum absolute atomic E-state index is 12.8. The summed E-state index contributed by atoms with van der Waals surface area (Å²) in [7, 11) is 0. The van der Waals surface area contributed by atoms with Gasteiger partial charge in [0.15, 0.2) is 18.2 Å². The third-order valence-corrected chi connectivity index (χ3v) is 4.96. The Labute approximate surface area is 186 Å². The average molecular weight is 443 g/mol. The minimum Gasteiger partial charge on any atom is -1.00 e. The molecule has 4 rings (SSSR count). The predicted octanol–water partition coefficient (Wildman–Crippen LogP) is 0.788. The number of carbonyl (C=O) groups is 1. The van der Waals surface area contributed by atoms with Crippen molar-refractivity contribution in [2.45, 2.75) is 19.4 Å². The highest BCUT2D eigenvalue weighted by molar-refractivity contribution is 6.30. The lowest BCUT2D eigenvalue weighted by molar-refractivity contribution is -0.697. The van der Waals surface area contributed by atoms with Crippen molar-refractivity contribution in [2.75, 3.05) is 6.54 Å². The van der Waals surface area contributed by atoms with E-state index in [1.165, 1.54) is 6.26 Å². The van der Waals surface area contributed by atoms with E-state index in [9.17, 15) is 4.79 Å². The number of benzene rings is 1. The summed E-state index contributed by atoms with van der Waals surface area (Å²) in [6.45, 7) is 1.37. The SMILES string of the molecule is O=C1c2ccccc2OC=C(Cl)N1CCCC[n+]1ccc(-c2ncccn2)cc1.[Cl-]. The van der Waals surface area contributed by atoms with Crippen LogP contribution in [0.1, 0.15) is 23.2 Å². The Hall–Kier alpha value is -2.96. The molecule has 30 heavy (non-hydrogen) atoms. The van der Waals surface area contributed by atoms with E-state index < -0.39 is 0 Å². The maximum atomic E-state index is 12.8. The van der Waals surface area contributed by atoms with Gasteiger partial charge in [0, 0.05) is 43.1 Å². The second-order valence-corrected chi connectivity index (χ2v) is 7.00. The molecule has 3 aromatic rings. The van der Waals surface area contributed by atoms with Crippen molar-refractivity contribution in [1.82, 2.24) is 14.9 Å². The number of amides is 1. The van der Waals surface area contributed by atoms with Crippen molar-refractivity contribution in [1.29, 1.82) is 0 Å². The Morgan fingerprint density at radius 1 is 1.00 bits per heavy atom. The van der Waals surface area contributed by atoms with Gasteiger partial charge in [-0.1, -0.05) is 23.7 Å². The van der Waals surface area contributed by atoms with Crippen LogP contribution >= 0.6 is 11.6 Å². The fourth-order valence-electron chi connectivity index (χ4n) is 3.14. The molecule has 0 fully saturated rings. The number of nitrogens with zero attached hydrogens (tertiary/aromatic N) is 4. The number of ether oxygens (including phenoxy) is 1. The van der Waals surface area contributed by atoms with E-state index in [0.29, 0.717) is 28.8 Å². The van der Waals surface area contributed by atoms with Crippen LogP contribution in [0.25, 0.3) is 11.4 Å². The van der Waals surface area contributed by atoms with Crippen LogP contribution in [0.15, 0.2) is 78.7 Å². The number of pyridine rings is 1. The minimum atomic E-state index is -0.140. The van der Waals surface area contributed by atoms with E-state index in [2.05, 4.69) is 14.5 Å². The molecule has 0 bridgehead atoms. The van der Waals surface area contributed by atoms with Gasteiger partial charge in [-0.05, 0) is 24.6 Å². The van der Waals surface area contributed by atoms with E-state index in [0.717, 1.165) is 24.9 Å². The Balaban J connectivity index is 0.00000256. The van der Waals surface area contributed by atoms with E-state index in [4.69, 9.17) is 16.3 Å². The topological polar surface area (TPSA) is 59.2 Å². The molecule has 0 saturated carbocycles. The first-order valence-electron chi connectivity index (χ1n) is 9.42. The normalized spacial score (nSPS) is 12.9. The van der Waals surface area contributed by atoms with Crippen LogP contribution in [0.2, 0.25) is 0 Å². The van der Waals surface area contributed by atoms with Crippen LogP contribution in [0.4, 0.5) is 0 Å². The number of unbranched alkanes of at least 4 members (excludes halogenated alkanes) is 1. The van der Waals surface area contributed by atoms with Gasteiger partial charge in [0.05, 0.1) is 5.56 Å². The first-order chi connectivity index (χ1) is 14.2. The summed E-state index contributed by atoms with van der Waals surface area (Å²) in [5, 5.41) is 0.297. The smallest absolute Gasteiger partial charge is 0.262 e. The molecule has 1 aliphatic rings. The third-order valence-electron chi connectivity index (χ3n) is 4.67. The Bertz CT molecular complexity index is 1030. The van der Waals surface area contributed by atoms with Crippen molar-refractivity contribution in [2.24, 2.45) is 0 Å². The largest absolute Gasteiger partial charge is 1.00 e. The van der Waals surface area contributed by atoms with Gasteiger partial charge in [0.2, 0.25) is 0 Å². The molecule has 6 nitrogen and oxygen atoms in total. The quantitative estimate of drug-likeness (QED) is 0.321. The zero-order valence-corrected chi connectivity index (χ0v) is 17.6. The molecule has 0 unspecified atom stereocenters. The van der Waals surface area contributed by atoms with Crippen molar-refractivity contribution in [3.8, 4) is 17.1 Å². The molecule has 0 radical (unpaired) electrons. The third kappa shape index (κ3) is 4.96. The molecule has 2 aromatic heterocycles. The van der Waals surface area contributed by atoms with Crippen molar-refractivity contribution >= 4 is 17.5 Å². The van der Waals surface area contributed by atoms with E-state index in [1.54, 1.807) is 35.5 Å². The fourth-order valence-corrected chi connectivity index (χ4v) is 3.35. The van der Waals surface area contributed by atoms with Gasteiger partial charge >= 0.3 is 0 Å². The van der Waals surface area contributed by atoms with Crippen molar-refractivity contribution in [3.63, 3.8) is 0 Å². The molecule has 1 amide bonds. The highest BCUT2D eigenvalue weighted by atomic mass is 35.5. The molecular formula is C22H20Cl2N4O2. The summed E-state index contributed by atoms with van der Waals surface area (Å²) >= 11 is 6.27. The van der Waals surface area contributed by atoms with Gasteiger partial charge in [-0.25, -0.2) is 14.5 Å². The van der Waals surface area contributed by atoms with Gasteiger partial charge in [-0.15, -0.1) is 0 Å². The number of hydrogen-bond acceptors (Lipinski definition) is 4. The molecule has 0 aliphatic carbocycles. The maximum Gasteiger partial charge on any atom is 0.262 e. The summed E-state index contributed by atoms with van der Waals surface area (Å²) < 4.78 is 7.62. The zero-order chi connectivity index (χ0) is 20.1. The van der Waals surface area contributed by atoms with Gasteiger partial charge in [0.25, 0.3) is 5.91 Å². The molecule has 154 valence electrons. The monoisotopic (exact) mass is 442 g/mol. The number of aryl methyl sites for hydroxylation is 1. The minimum absolute atomic E-state index is 0. The van der Waals surface area contributed by atoms with Gasteiger partial charge < -0.3 is 17.1 Å². The van der Waals surface area contributed by atoms with Crippen LogP contribution in [-0.4, -0.2) is 27.3 Å². The van der Waals surface area contributed by atoms with Crippen LogP contribution in [0.5, 0.6) is 5.75 Å². The number of fused-ring (bicyclic) bond motifs is 1. The number of halogens is 2. The highest BCUT2D eigenvalue weighted by Gasteiger charge is 2.24. The summed E-state index contributed by atoms with van der Waals surface area (Å²) in [6, 6.07) is 13.0. The van der Waals surface area contributed by atoms with Crippen molar-refractivity contribution in [3.05, 3.63) is 84.2 Å². The predicted molar refractivity (Wildman–Crippen MR) is 109 cm³/mol. The summed E-state index contributed by atoms with van der Waals surface area (Å²) in [5.41, 5.74) is 1.50. The standard InChI is InChI=1S/C22H20ClN4O2.ClH/c23-20-16-29-19-7-2-1-6-18(19)22(28)27(20)13-4-3-12-26-14-8-17(9-15-26)21-24-10-5-11-25-21;/h1-2,5-11,14-16H,3-4,12-13H2;1H/q+1;/p-1.